The van der Waals surface area contributed by atoms with E-state index >= 15 is 0 Å². The maximum atomic E-state index is 6.63. The van der Waals surface area contributed by atoms with Gasteiger partial charge in [0.25, 0.3) is 0 Å². The normalized spacial score (nSPS) is 13.2. The van der Waals surface area contributed by atoms with Crippen LogP contribution in [0.15, 0.2) is 158 Å². The van der Waals surface area contributed by atoms with E-state index in [1.54, 1.807) is 0 Å². The highest BCUT2D eigenvalue weighted by Gasteiger charge is 2.47. The monoisotopic (exact) mass is 599 g/mol. The van der Waals surface area contributed by atoms with E-state index in [-0.39, 0.29) is 6.85 Å². The summed E-state index contributed by atoms with van der Waals surface area (Å²) in [4.78, 5) is 4.92. The molecule has 0 amide bonds. The molecule has 0 aliphatic carbocycles. The molecule has 0 saturated carbocycles. The Morgan fingerprint density at radius 2 is 1.19 bits per heavy atom. The van der Waals surface area contributed by atoms with Crippen molar-refractivity contribution in [2.45, 2.75) is 0 Å². The fourth-order valence-corrected chi connectivity index (χ4v) is 8.31. The van der Waals surface area contributed by atoms with Crippen molar-refractivity contribution in [1.82, 2.24) is 4.57 Å². The van der Waals surface area contributed by atoms with Gasteiger partial charge in [-0.05, 0) is 77.2 Å². The molecule has 0 fully saturated rings. The number of fused-ring (bicyclic) bond motifs is 9. The lowest BCUT2D eigenvalue weighted by Crippen LogP contribution is -2.61. The van der Waals surface area contributed by atoms with Gasteiger partial charge in [-0.2, -0.15) is 0 Å². The van der Waals surface area contributed by atoms with Crippen molar-refractivity contribution in [3.05, 3.63) is 158 Å². The molecule has 0 saturated heterocycles. The first kappa shape index (κ1) is 25.0. The molecule has 0 N–H and O–H groups in total. The van der Waals surface area contributed by atoms with Crippen LogP contribution in [0, 0.1) is 0 Å². The van der Waals surface area contributed by atoms with E-state index in [0.717, 1.165) is 39.9 Å². The highest BCUT2D eigenvalue weighted by molar-refractivity contribution is 6.93. The van der Waals surface area contributed by atoms with Gasteiger partial charge in [0.1, 0.15) is 5.75 Å². The smallest absolute Gasteiger partial charge is 0.333 e. The Morgan fingerprint density at radius 1 is 0.511 bits per heavy atom. The summed E-state index contributed by atoms with van der Waals surface area (Å²) < 4.78 is 9.15. The van der Waals surface area contributed by atoms with E-state index in [9.17, 15) is 0 Å². The molecule has 5 heteroatoms. The zero-order chi connectivity index (χ0) is 30.6. The van der Waals surface area contributed by atoms with Crippen molar-refractivity contribution in [2.24, 2.45) is 0 Å². The van der Waals surface area contributed by atoms with E-state index in [2.05, 4.69) is 172 Å². The first-order chi connectivity index (χ1) is 23.3. The molecule has 8 aromatic rings. The number of anilines is 5. The first-order valence-electron chi connectivity index (χ1n) is 16.2. The summed E-state index contributed by atoms with van der Waals surface area (Å²) in [7, 11) is 0. The molecule has 0 atom stereocenters. The third-order valence-electron chi connectivity index (χ3n) is 10.1. The molecule has 0 spiro atoms. The third-order valence-corrected chi connectivity index (χ3v) is 10.1. The molecule has 0 unspecified atom stereocenters. The Balaban J connectivity index is 1.32. The topological polar surface area (TPSA) is 20.6 Å². The Kier molecular flexibility index (Phi) is 4.89. The molecule has 0 radical (unpaired) electrons. The number of hydrogen-bond acceptors (Lipinski definition) is 3. The Morgan fingerprint density at radius 3 is 2.02 bits per heavy atom. The average molecular weight is 600 g/mol. The lowest BCUT2D eigenvalue weighted by atomic mass is 9.44. The highest BCUT2D eigenvalue weighted by Crippen LogP contribution is 2.55. The summed E-state index contributed by atoms with van der Waals surface area (Å²) in [5, 5.41) is 2.55. The van der Waals surface area contributed by atoms with Crippen molar-refractivity contribution in [3.8, 4) is 28.3 Å². The van der Waals surface area contributed by atoms with Crippen LogP contribution in [-0.2, 0) is 0 Å². The number of benzene rings is 7. The van der Waals surface area contributed by atoms with Crippen LogP contribution < -0.4 is 25.4 Å². The molecule has 3 aliphatic heterocycles. The minimum Gasteiger partial charge on any atom is -0.453 e. The molecule has 3 aliphatic rings. The van der Waals surface area contributed by atoms with Gasteiger partial charge in [-0.1, -0.05) is 97.1 Å². The molecule has 11 rings (SSSR count). The van der Waals surface area contributed by atoms with E-state index in [1.165, 1.54) is 49.5 Å². The Labute approximate surface area is 272 Å². The summed E-state index contributed by atoms with van der Waals surface area (Å²) in [6.07, 6.45) is 0. The summed E-state index contributed by atoms with van der Waals surface area (Å²) in [6.45, 7) is -0.0323. The molecule has 47 heavy (non-hydrogen) atoms. The van der Waals surface area contributed by atoms with E-state index in [4.69, 9.17) is 4.74 Å². The lowest BCUT2D eigenvalue weighted by molar-refractivity contribution is 0.478. The van der Waals surface area contributed by atoms with Crippen molar-refractivity contribution in [2.75, 3.05) is 9.71 Å². The molecule has 218 valence electrons. The van der Waals surface area contributed by atoms with Gasteiger partial charge < -0.3 is 19.0 Å². The second-order valence-corrected chi connectivity index (χ2v) is 12.5. The molecule has 1 aromatic heterocycles. The van der Waals surface area contributed by atoms with Crippen LogP contribution in [0.1, 0.15) is 0 Å². The minimum atomic E-state index is -0.0323. The largest absolute Gasteiger partial charge is 0.453 e. The van der Waals surface area contributed by atoms with Gasteiger partial charge in [-0.3, -0.25) is 0 Å². The molecule has 7 aromatic carbocycles. The molecule has 0 bridgehead atoms. The van der Waals surface area contributed by atoms with Crippen molar-refractivity contribution in [3.63, 3.8) is 0 Å². The number of nitrogens with zero attached hydrogens (tertiary/aromatic N) is 3. The quantitative estimate of drug-likeness (QED) is 0.189. The summed E-state index contributed by atoms with van der Waals surface area (Å²) in [5.74, 6) is 1.77. The standard InChI is InChI=1S/C42H26BN3O/c1-3-13-27(14-4-1)44(28-15-5-2-6-16-28)29-25-33-32-19-12-24-39-42(32)46(36-22-9-10-23-38(36)47-39)43-34-20-11-18-31-30-17-7-8-21-35(30)45(41(31)34)37(26-29)40(33)43/h1-26H. The summed E-state index contributed by atoms with van der Waals surface area (Å²) in [6, 6.07) is 56.8. The second-order valence-electron chi connectivity index (χ2n) is 12.5. The minimum absolute atomic E-state index is 0.0323. The zero-order valence-electron chi connectivity index (χ0n) is 25.3. The first-order valence-corrected chi connectivity index (χ1v) is 16.2. The zero-order valence-corrected chi connectivity index (χ0v) is 25.3. The van der Waals surface area contributed by atoms with Crippen LogP contribution >= 0.6 is 0 Å². The fourth-order valence-electron chi connectivity index (χ4n) is 8.31. The van der Waals surface area contributed by atoms with Gasteiger partial charge in [0.05, 0.1) is 22.4 Å². The van der Waals surface area contributed by atoms with Crippen LogP contribution in [0.2, 0.25) is 0 Å². The SMILES string of the molecule is c1ccc(N(c2ccccc2)c2cc3c4c(c2)-n2c5ccccc5c5cccc(c52)B4N2c4ccccc4Oc4cccc-3c42)cc1. The fraction of sp³-hybridized carbons (Fsp3) is 0. The van der Waals surface area contributed by atoms with Gasteiger partial charge >= 0.3 is 6.85 Å². The number of hydrogen-bond donors (Lipinski definition) is 0. The van der Waals surface area contributed by atoms with E-state index in [1.807, 2.05) is 0 Å². The summed E-state index contributed by atoms with van der Waals surface area (Å²) >= 11 is 0. The number of para-hydroxylation sites is 7. The van der Waals surface area contributed by atoms with Crippen molar-refractivity contribution < 1.29 is 4.74 Å². The van der Waals surface area contributed by atoms with Crippen molar-refractivity contribution in [1.29, 1.82) is 0 Å². The summed E-state index contributed by atoms with van der Waals surface area (Å²) in [5.41, 5.74) is 14.3. The maximum Gasteiger partial charge on any atom is 0.333 e. The average Bonchev–Trinajstić information content (AvgIpc) is 3.47. The van der Waals surface area contributed by atoms with Gasteiger partial charge in [0.15, 0.2) is 5.75 Å². The molecule has 4 heterocycles. The van der Waals surface area contributed by atoms with Crippen molar-refractivity contribution >= 4 is 68.0 Å². The van der Waals surface area contributed by atoms with E-state index in [0.29, 0.717) is 0 Å². The Bertz CT molecular complexity index is 2540. The van der Waals surface area contributed by atoms with Crippen LogP contribution in [0.3, 0.4) is 0 Å². The van der Waals surface area contributed by atoms with Gasteiger partial charge in [-0.15, -0.1) is 0 Å². The van der Waals surface area contributed by atoms with Gasteiger partial charge in [0, 0.05) is 39.1 Å². The number of ether oxygens (including phenoxy) is 1. The van der Waals surface area contributed by atoms with Crippen LogP contribution in [0.25, 0.3) is 38.6 Å². The molecular formula is C42H26BN3O. The van der Waals surface area contributed by atoms with Crippen LogP contribution in [0.4, 0.5) is 28.4 Å². The third kappa shape index (κ3) is 3.27. The predicted octanol–water partition coefficient (Wildman–Crippen LogP) is 9.60. The molecule has 4 nitrogen and oxygen atoms in total. The number of rotatable bonds is 3. The molecular weight excluding hydrogens is 573 g/mol. The second kappa shape index (κ2) is 9.18. The predicted molar refractivity (Wildman–Crippen MR) is 195 cm³/mol. The highest BCUT2D eigenvalue weighted by atomic mass is 16.5. The van der Waals surface area contributed by atoms with Crippen LogP contribution in [0.5, 0.6) is 11.5 Å². The van der Waals surface area contributed by atoms with E-state index < -0.39 is 0 Å². The van der Waals surface area contributed by atoms with Gasteiger partial charge in [-0.25, -0.2) is 0 Å². The van der Waals surface area contributed by atoms with Gasteiger partial charge in [0.2, 0.25) is 0 Å². The Hall–Kier alpha value is -6.20. The lowest BCUT2D eigenvalue weighted by Gasteiger charge is -2.45. The number of aromatic nitrogens is 1. The van der Waals surface area contributed by atoms with Crippen LogP contribution in [-0.4, -0.2) is 11.4 Å². The maximum absolute atomic E-state index is 6.63.